The monoisotopic (exact) mass is 454 g/mol. The van der Waals surface area contributed by atoms with Crippen molar-refractivity contribution in [1.29, 1.82) is 0 Å². The van der Waals surface area contributed by atoms with Crippen LogP contribution in [0.3, 0.4) is 0 Å². The maximum atomic E-state index is 12.7. The predicted octanol–water partition coefficient (Wildman–Crippen LogP) is 1.72. The first kappa shape index (κ1) is 21.7. The van der Waals surface area contributed by atoms with E-state index in [-0.39, 0.29) is 42.6 Å². The standard InChI is InChI=1S/C21H28Cl2N4O3/c1-11-8-24-9-19(25-11)21(29)27-18-7-17(12-4-13(18)5-12)26-20(28)10-30-14-2-3-15(22)16(23)6-14/h2-3,6,11-13,17-19,24-25H,4-5,7-10H2,1H3,(H,26,28)(H,27,29)/t11?,12?,13?,17-,18+,19?/m0/s1. The van der Waals surface area contributed by atoms with Crippen molar-refractivity contribution < 1.29 is 14.3 Å². The average Bonchev–Trinajstić information content (AvgIpc) is 2.68. The predicted molar refractivity (Wildman–Crippen MR) is 116 cm³/mol. The highest BCUT2D eigenvalue weighted by molar-refractivity contribution is 6.42. The van der Waals surface area contributed by atoms with Crippen molar-refractivity contribution in [3.05, 3.63) is 28.2 Å². The zero-order chi connectivity index (χ0) is 21.3. The van der Waals surface area contributed by atoms with E-state index in [9.17, 15) is 9.59 Å². The fourth-order valence-electron chi connectivity index (χ4n) is 4.70. The summed E-state index contributed by atoms with van der Waals surface area (Å²) in [5, 5.41) is 13.8. The van der Waals surface area contributed by atoms with E-state index in [1.165, 1.54) is 0 Å². The summed E-state index contributed by atoms with van der Waals surface area (Å²) >= 11 is 11.9. The van der Waals surface area contributed by atoms with Crippen LogP contribution in [0.4, 0.5) is 0 Å². The Morgan fingerprint density at radius 1 is 1.07 bits per heavy atom. The van der Waals surface area contributed by atoms with Gasteiger partial charge in [-0.1, -0.05) is 23.2 Å². The average molecular weight is 455 g/mol. The molecule has 0 spiro atoms. The SMILES string of the molecule is CC1CNCC(C(=O)N[C@@H]2C[C@H](NC(=O)COc3ccc(Cl)c(Cl)c3)C3CC2C3)N1. The molecule has 0 aromatic heterocycles. The Hall–Kier alpha value is -1.54. The van der Waals surface area contributed by atoms with Gasteiger partial charge in [0.2, 0.25) is 5.91 Å². The van der Waals surface area contributed by atoms with Crippen LogP contribution in [-0.4, -0.2) is 55.7 Å². The lowest BCUT2D eigenvalue weighted by Crippen LogP contribution is -2.64. The first-order valence-corrected chi connectivity index (χ1v) is 11.3. The molecule has 1 heterocycles. The van der Waals surface area contributed by atoms with Gasteiger partial charge in [-0.3, -0.25) is 9.59 Å². The van der Waals surface area contributed by atoms with E-state index in [0.717, 1.165) is 25.8 Å². The number of carbonyl (C=O) groups excluding carboxylic acids is 2. The smallest absolute Gasteiger partial charge is 0.258 e. The molecule has 30 heavy (non-hydrogen) atoms. The highest BCUT2D eigenvalue weighted by Crippen LogP contribution is 2.45. The van der Waals surface area contributed by atoms with Crippen LogP contribution in [0, 0.1) is 11.8 Å². The number of benzene rings is 1. The first-order valence-electron chi connectivity index (χ1n) is 10.5. The molecule has 2 unspecified atom stereocenters. The zero-order valence-electron chi connectivity index (χ0n) is 16.9. The molecule has 0 radical (unpaired) electrons. The molecule has 5 rings (SSSR count). The molecule has 1 aromatic carbocycles. The zero-order valence-corrected chi connectivity index (χ0v) is 18.4. The molecule has 164 valence electrons. The van der Waals surface area contributed by atoms with Crippen LogP contribution >= 0.6 is 23.2 Å². The number of carbonyl (C=O) groups is 2. The lowest BCUT2D eigenvalue weighted by atomic mass is 9.60. The highest BCUT2D eigenvalue weighted by atomic mass is 35.5. The molecule has 1 aromatic rings. The summed E-state index contributed by atoms with van der Waals surface area (Å²) in [4.78, 5) is 25.1. The second-order valence-corrected chi connectivity index (χ2v) is 9.47. The largest absolute Gasteiger partial charge is 0.484 e. The number of fused-ring (bicyclic) bond motifs is 2. The number of ether oxygens (including phenoxy) is 1. The van der Waals surface area contributed by atoms with Gasteiger partial charge in [0, 0.05) is 37.3 Å². The Morgan fingerprint density at radius 2 is 1.80 bits per heavy atom. The van der Waals surface area contributed by atoms with Crippen LogP contribution in [0.25, 0.3) is 0 Å². The summed E-state index contributed by atoms with van der Waals surface area (Å²) in [5.74, 6) is 1.35. The molecule has 1 aliphatic heterocycles. The fraction of sp³-hybridized carbons (Fsp3) is 0.619. The molecule has 4 N–H and O–H groups in total. The normalized spacial score (nSPS) is 32.6. The molecule has 4 atom stereocenters. The van der Waals surface area contributed by atoms with Crippen molar-refractivity contribution in [1.82, 2.24) is 21.3 Å². The van der Waals surface area contributed by atoms with Gasteiger partial charge in [-0.25, -0.2) is 0 Å². The lowest BCUT2D eigenvalue weighted by Gasteiger charge is -2.51. The van der Waals surface area contributed by atoms with E-state index in [1.54, 1.807) is 18.2 Å². The third-order valence-electron chi connectivity index (χ3n) is 6.39. The number of halogens is 2. The molecule has 9 heteroatoms. The Labute approximate surface area is 186 Å². The van der Waals surface area contributed by atoms with Gasteiger partial charge in [0.1, 0.15) is 5.75 Å². The molecule has 4 aliphatic rings. The van der Waals surface area contributed by atoms with Crippen molar-refractivity contribution in [2.24, 2.45) is 11.8 Å². The highest BCUT2D eigenvalue weighted by Gasteiger charge is 2.47. The van der Waals surface area contributed by atoms with Crippen molar-refractivity contribution in [3.63, 3.8) is 0 Å². The molecule has 3 saturated carbocycles. The van der Waals surface area contributed by atoms with Crippen molar-refractivity contribution in [2.45, 2.75) is 50.4 Å². The Kier molecular flexibility index (Phi) is 6.72. The van der Waals surface area contributed by atoms with Gasteiger partial charge in [0.25, 0.3) is 5.91 Å². The first-order chi connectivity index (χ1) is 14.4. The van der Waals surface area contributed by atoms with E-state index in [4.69, 9.17) is 27.9 Å². The van der Waals surface area contributed by atoms with E-state index < -0.39 is 0 Å². The molecule has 1 saturated heterocycles. The van der Waals surface area contributed by atoms with Crippen LogP contribution in [0.5, 0.6) is 5.75 Å². The van der Waals surface area contributed by atoms with Gasteiger partial charge in [-0.15, -0.1) is 0 Å². The topological polar surface area (TPSA) is 91.5 Å². The summed E-state index contributed by atoms with van der Waals surface area (Å²) in [6.07, 6.45) is 2.84. The number of rotatable bonds is 6. The van der Waals surface area contributed by atoms with Gasteiger partial charge < -0.3 is 26.0 Å². The second-order valence-electron chi connectivity index (χ2n) is 8.66. The minimum Gasteiger partial charge on any atom is -0.484 e. The van der Waals surface area contributed by atoms with Crippen LogP contribution in [0.2, 0.25) is 10.0 Å². The third kappa shape index (κ3) is 5.02. The van der Waals surface area contributed by atoms with Crippen LogP contribution < -0.4 is 26.0 Å². The molecule has 4 fully saturated rings. The van der Waals surface area contributed by atoms with Crippen molar-refractivity contribution in [3.8, 4) is 5.75 Å². The lowest BCUT2D eigenvalue weighted by molar-refractivity contribution is -0.127. The maximum Gasteiger partial charge on any atom is 0.258 e. The molecule has 2 bridgehead atoms. The Balaban J connectivity index is 1.26. The number of amides is 2. The molecule has 2 amide bonds. The van der Waals surface area contributed by atoms with Crippen LogP contribution in [-0.2, 0) is 9.59 Å². The fourth-order valence-corrected chi connectivity index (χ4v) is 4.99. The van der Waals surface area contributed by atoms with Crippen molar-refractivity contribution in [2.75, 3.05) is 19.7 Å². The molecular formula is C21H28Cl2N4O3. The third-order valence-corrected chi connectivity index (χ3v) is 7.13. The van der Waals surface area contributed by atoms with Gasteiger partial charge in [0.15, 0.2) is 6.61 Å². The summed E-state index contributed by atoms with van der Waals surface area (Å²) in [7, 11) is 0. The summed E-state index contributed by atoms with van der Waals surface area (Å²) in [5.41, 5.74) is 0. The van der Waals surface area contributed by atoms with E-state index in [1.807, 2.05) is 0 Å². The van der Waals surface area contributed by atoms with Crippen LogP contribution in [0.15, 0.2) is 18.2 Å². The summed E-state index contributed by atoms with van der Waals surface area (Å²) < 4.78 is 5.53. The van der Waals surface area contributed by atoms with Crippen LogP contribution in [0.1, 0.15) is 26.2 Å². The minimum absolute atomic E-state index is 0.0393. The molecule has 7 nitrogen and oxygen atoms in total. The summed E-state index contributed by atoms with van der Waals surface area (Å²) in [6, 6.07) is 5.13. The van der Waals surface area contributed by atoms with E-state index >= 15 is 0 Å². The van der Waals surface area contributed by atoms with Gasteiger partial charge >= 0.3 is 0 Å². The number of nitrogens with one attached hydrogen (secondary N) is 4. The Bertz CT molecular complexity index is 802. The second kappa shape index (κ2) is 9.30. The van der Waals surface area contributed by atoms with Crippen molar-refractivity contribution >= 4 is 35.0 Å². The van der Waals surface area contributed by atoms with Gasteiger partial charge in [-0.2, -0.15) is 0 Å². The number of hydrogen-bond acceptors (Lipinski definition) is 5. The quantitative estimate of drug-likeness (QED) is 0.525. The molecular weight excluding hydrogens is 427 g/mol. The minimum atomic E-state index is -0.209. The maximum absolute atomic E-state index is 12.7. The number of piperazine rings is 1. The molecule has 3 aliphatic carbocycles. The summed E-state index contributed by atoms with van der Waals surface area (Å²) in [6.45, 7) is 3.49. The van der Waals surface area contributed by atoms with E-state index in [0.29, 0.717) is 34.2 Å². The van der Waals surface area contributed by atoms with Gasteiger partial charge in [0.05, 0.1) is 16.1 Å². The van der Waals surface area contributed by atoms with Gasteiger partial charge in [-0.05, 0) is 50.2 Å². The van der Waals surface area contributed by atoms with E-state index in [2.05, 4.69) is 28.2 Å². The Morgan fingerprint density at radius 3 is 2.50 bits per heavy atom. The number of hydrogen-bond donors (Lipinski definition) is 4.